The van der Waals surface area contributed by atoms with Crippen LogP contribution in [0, 0.1) is 5.82 Å². The second-order valence-electron chi connectivity index (χ2n) is 6.68. The summed E-state index contributed by atoms with van der Waals surface area (Å²) >= 11 is 6.02. The third-order valence-corrected chi connectivity index (χ3v) is 5.05. The lowest BCUT2D eigenvalue weighted by atomic mass is 10.0. The molecule has 0 saturated carbocycles. The minimum absolute atomic E-state index is 0.0578. The Morgan fingerprint density at radius 2 is 2.00 bits per heavy atom. The van der Waals surface area contributed by atoms with Gasteiger partial charge in [0, 0.05) is 36.3 Å². The van der Waals surface area contributed by atoms with Crippen molar-refractivity contribution in [1.29, 1.82) is 0 Å². The number of hydrogen-bond donors (Lipinski definition) is 1. The van der Waals surface area contributed by atoms with E-state index >= 15 is 0 Å². The third-order valence-electron chi connectivity index (χ3n) is 4.82. The molecule has 0 aliphatic carbocycles. The topological polar surface area (TPSA) is 50.8 Å². The minimum atomic E-state index is -0.281. The molecule has 1 amide bonds. The van der Waals surface area contributed by atoms with Crippen molar-refractivity contribution < 1.29 is 18.7 Å². The van der Waals surface area contributed by atoms with E-state index in [1.807, 2.05) is 0 Å². The van der Waals surface area contributed by atoms with Crippen LogP contribution in [0.2, 0.25) is 5.02 Å². The van der Waals surface area contributed by atoms with Crippen LogP contribution < -0.4 is 10.1 Å². The first-order valence-electron chi connectivity index (χ1n) is 9.43. The third kappa shape index (κ3) is 6.03. The molecule has 1 atom stereocenters. The number of carbonyl (C=O) groups excluding carboxylic acids is 1. The smallest absolute Gasteiger partial charge is 0.244 e. The van der Waals surface area contributed by atoms with Crippen LogP contribution in [-0.2, 0) is 9.53 Å². The van der Waals surface area contributed by atoms with E-state index in [9.17, 15) is 9.18 Å². The SMILES string of the molecule is COc1ccc(Cl)cc1C=CC(=O)NCC(c1ccc(F)cc1)N1CCOCC1. The van der Waals surface area contributed by atoms with Gasteiger partial charge in [0.15, 0.2) is 0 Å². The average molecular weight is 419 g/mol. The summed E-state index contributed by atoms with van der Waals surface area (Å²) in [4.78, 5) is 14.6. The van der Waals surface area contributed by atoms with Crippen molar-refractivity contribution in [2.45, 2.75) is 6.04 Å². The Kier molecular flexibility index (Phi) is 7.63. The molecule has 5 nitrogen and oxygen atoms in total. The standard InChI is InChI=1S/C22H24ClFN2O3/c1-28-21-8-5-18(23)14-17(21)4-9-22(27)25-15-20(26-10-12-29-13-11-26)16-2-6-19(24)7-3-16/h2-9,14,20H,10-13,15H2,1H3,(H,25,27). The zero-order valence-corrected chi connectivity index (χ0v) is 17.0. The van der Waals surface area contributed by atoms with Gasteiger partial charge in [0.25, 0.3) is 0 Å². The minimum Gasteiger partial charge on any atom is -0.496 e. The molecule has 29 heavy (non-hydrogen) atoms. The Hall–Kier alpha value is -2.41. The highest BCUT2D eigenvalue weighted by atomic mass is 35.5. The van der Waals surface area contributed by atoms with Crippen molar-refractivity contribution in [2.24, 2.45) is 0 Å². The lowest BCUT2D eigenvalue weighted by molar-refractivity contribution is -0.116. The van der Waals surface area contributed by atoms with Crippen molar-refractivity contribution in [2.75, 3.05) is 40.0 Å². The summed E-state index contributed by atoms with van der Waals surface area (Å²) in [5.41, 5.74) is 1.67. The molecule has 154 valence electrons. The number of morpholine rings is 1. The van der Waals surface area contributed by atoms with Gasteiger partial charge in [-0.05, 0) is 42.0 Å². The Bertz CT molecular complexity index is 852. The van der Waals surface area contributed by atoms with Gasteiger partial charge in [-0.25, -0.2) is 4.39 Å². The van der Waals surface area contributed by atoms with E-state index < -0.39 is 0 Å². The van der Waals surface area contributed by atoms with Gasteiger partial charge in [-0.2, -0.15) is 0 Å². The molecule has 1 heterocycles. The summed E-state index contributed by atoms with van der Waals surface area (Å²) in [7, 11) is 1.57. The van der Waals surface area contributed by atoms with Crippen molar-refractivity contribution in [1.82, 2.24) is 10.2 Å². The molecule has 1 aliphatic heterocycles. The number of carbonyl (C=O) groups is 1. The summed E-state index contributed by atoms with van der Waals surface area (Å²) < 4.78 is 24.0. The van der Waals surface area contributed by atoms with E-state index in [0.29, 0.717) is 30.5 Å². The molecule has 3 rings (SSSR count). The van der Waals surface area contributed by atoms with Gasteiger partial charge in [-0.3, -0.25) is 9.69 Å². The van der Waals surface area contributed by atoms with Gasteiger partial charge >= 0.3 is 0 Å². The van der Waals surface area contributed by atoms with Crippen LogP contribution in [0.3, 0.4) is 0 Å². The summed E-state index contributed by atoms with van der Waals surface area (Å²) in [5.74, 6) is 0.125. The number of methoxy groups -OCH3 is 1. The monoisotopic (exact) mass is 418 g/mol. The average Bonchev–Trinajstić information content (AvgIpc) is 2.74. The fourth-order valence-electron chi connectivity index (χ4n) is 3.29. The maximum atomic E-state index is 13.3. The molecule has 1 N–H and O–H groups in total. The maximum Gasteiger partial charge on any atom is 0.244 e. The molecule has 0 aromatic heterocycles. The molecular formula is C22H24ClFN2O3. The second-order valence-corrected chi connectivity index (χ2v) is 7.12. The summed E-state index contributed by atoms with van der Waals surface area (Å²) in [6.07, 6.45) is 3.12. The van der Waals surface area contributed by atoms with E-state index in [1.165, 1.54) is 18.2 Å². The predicted molar refractivity (Wildman–Crippen MR) is 112 cm³/mol. The van der Waals surface area contributed by atoms with Crippen LogP contribution in [0.5, 0.6) is 5.75 Å². The number of hydrogen-bond acceptors (Lipinski definition) is 4. The largest absolute Gasteiger partial charge is 0.496 e. The van der Waals surface area contributed by atoms with Gasteiger partial charge < -0.3 is 14.8 Å². The number of nitrogens with one attached hydrogen (secondary N) is 1. The summed E-state index contributed by atoms with van der Waals surface area (Å²) in [6, 6.07) is 11.6. The number of ether oxygens (including phenoxy) is 2. The first-order chi connectivity index (χ1) is 14.1. The maximum absolute atomic E-state index is 13.3. The van der Waals surface area contributed by atoms with E-state index in [0.717, 1.165) is 24.2 Å². The first kappa shape index (κ1) is 21.3. The number of benzene rings is 2. The molecule has 1 fully saturated rings. The second kappa shape index (κ2) is 10.4. The van der Waals surface area contributed by atoms with Crippen LogP contribution in [0.25, 0.3) is 6.08 Å². The highest BCUT2D eigenvalue weighted by Crippen LogP contribution is 2.24. The van der Waals surface area contributed by atoms with E-state index in [2.05, 4.69) is 10.2 Å². The van der Waals surface area contributed by atoms with E-state index in [-0.39, 0.29) is 17.8 Å². The van der Waals surface area contributed by atoms with Gasteiger partial charge in [0.2, 0.25) is 5.91 Å². The molecule has 2 aromatic carbocycles. The zero-order chi connectivity index (χ0) is 20.6. The molecule has 2 aromatic rings. The molecule has 1 aliphatic rings. The normalized spacial score (nSPS) is 16.0. The van der Waals surface area contributed by atoms with Gasteiger partial charge in [0.05, 0.1) is 26.4 Å². The van der Waals surface area contributed by atoms with Gasteiger partial charge in [0.1, 0.15) is 11.6 Å². The lowest BCUT2D eigenvalue weighted by Crippen LogP contribution is -2.43. The van der Waals surface area contributed by atoms with Crippen LogP contribution in [0.4, 0.5) is 4.39 Å². The van der Waals surface area contributed by atoms with E-state index in [4.69, 9.17) is 21.1 Å². The Morgan fingerprint density at radius 1 is 1.28 bits per heavy atom. The van der Waals surface area contributed by atoms with Crippen LogP contribution >= 0.6 is 11.6 Å². The van der Waals surface area contributed by atoms with Crippen molar-refractivity contribution in [3.05, 3.63) is 70.5 Å². The number of halogens is 2. The molecule has 1 saturated heterocycles. The molecular weight excluding hydrogens is 395 g/mol. The van der Waals surface area contributed by atoms with Gasteiger partial charge in [-0.1, -0.05) is 23.7 Å². The molecule has 1 unspecified atom stereocenters. The van der Waals surface area contributed by atoms with Crippen molar-refractivity contribution >= 4 is 23.6 Å². The number of rotatable bonds is 7. The summed E-state index contributed by atoms with van der Waals surface area (Å²) in [5, 5.41) is 3.50. The van der Waals surface area contributed by atoms with Crippen molar-refractivity contribution in [3.63, 3.8) is 0 Å². The molecule has 0 radical (unpaired) electrons. The first-order valence-corrected chi connectivity index (χ1v) is 9.81. The van der Waals surface area contributed by atoms with Crippen LogP contribution in [0.15, 0.2) is 48.5 Å². The van der Waals surface area contributed by atoms with E-state index in [1.54, 1.807) is 43.5 Å². The highest BCUT2D eigenvalue weighted by Gasteiger charge is 2.23. The zero-order valence-electron chi connectivity index (χ0n) is 16.2. The number of amides is 1. The molecule has 0 bridgehead atoms. The van der Waals surface area contributed by atoms with Crippen molar-refractivity contribution in [3.8, 4) is 5.75 Å². The fourth-order valence-corrected chi connectivity index (χ4v) is 3.47. The highest BCUT2D eigenvalue weighted by molar-refractivity contribution is 6.30. The molecule has 7 heteroatoms. The lowest BCUT2D eigenvalue weighted by Gasteiger charge is -2.34. The fraction of sp³-hybridized carbons (Fsp3) is 0.318. The van der Waals surface area contributed by atoms with Crippen LogP contribution in [0.1, 0.15) is 17.2 Å². The quantitative estimate of drug-likeness (QED) is 0.697. The summed E-state index contributed by atoms with van der Waals surface area (Å²) in [6.45, 7) is 3.20. The number of nitrogens with zero attached hydrogens (tertiary/aromatic N) is 1. The van der Waals surface area contributed by atoms with Gasteiger partial charge in [-0.15, -0.1) is 0 Å². The Labute approximate surface area is 175 Å². The van der Waals surface area contributed by atoms with Crippen LogP contribution in [-0.4, -0.2) is 50.8 Å². The Morgan fingerprint density at radius 3 is 2.69 bits per heavy atom. The molecule has 0 spiro atoms. The Balaban J connectivity index is 1.67. The predicted octanol–water partition coefficient (Wildman–Crippen LogP) is 3.69.